The lowest BCUT2D eigenvalue weighted by Crippen LogP contribution is -2.42. The number of terminal acetylenes is 1. The van der Waals surface area contributed by atoms with Gasteiger partial charge in [-0.25, -0.2) is 17.2 Å². The van der Waals surface area contributed by atoms with E-state index in [9.17, 15) is 22.0 Å². The molecule has 1 aromatic heterocycles. The van der Waals surface area contributed by atoms with E-state index in [1.54, 1.807) is 24.3 Å². The van der Waals surface area contributed by atoms with E-state index in [1.165, 1.54) is 8.87 Å². The summed E-state index contributed by atoms with van der Waals surface area (Å²) in [7, 11) is -3.75. The highest BCUT2D eigenvalue weighted by Crippen LogP contribution is 2.26. The van der Waals surface area contributed by atoms with Gasteiger partial charge in [-0.05, 0) is 38.0 Å². The largest absolute Gasteiger partial charge is 0.302 e. The minimum Gasteiger partial charge on any atom is -0.302 e. The molecule has 4 rings (SSSR count). The first-order valence-corrected chi connectivity index (χ1v) is 12.5. The average molecular weight is 490 g/mol. The summed E-state index contributed by atoms with van der Waals surface area (Å²) >= 11 is 0.957. The smallest absolute Gasteiger partial charge is 0.252 e. The van der Waals surface area contributed by atoms with E-state index in [-0.39, 0.29) is 33.0 Å². The molecule has 0 bridgehead atoms. The number of nitrogens with zero attached hydrogens (tertiary/aromatic N) is 3. The van der Waals surface area contributed by atoms with Gasteiger partial charge in [0.05, 0.1) is 27.6 Å². The number of amides is 1. The van der Waals surface area contributed by atoms with Crippen molar-refractivity contribution in [2.75, 3.05) is 13.1 Å². The van der Waals surface area contributed by atoms with Crippen LogP contribution < -0.4 is 4.80 Å². The molecule has 0 spiro atoms. The Hall–Kier alpha value is -2.87. The van der Waals surface area contributed by atoms with Crippen molar-refractivity contribution in [3.05, 3.63) is 58.4 Å². The number of aromatic nitrogens is 1. The molecule has 3 aromatic rings. The summed E-state index contributed by atoms with van der Waals surface area (Å²) in [5.41, 5.74) is 1.03. The first kappa shape index (κ1) is 23.3. The van der Waals surface area contributed by atoms with Crippen LogP contribution in [0.3, 0.4) is 0 Å². The summed E-state index contributed by atoms with van der Waals surface area (Å²) in [6, 6.07) is 8.46. The number of benzene rings is 2. The van der Waals surface area contributed by atoms with Gasteiger partial charge in [-0.3, -0.25) is 4.79 Å². The molecule has 0 radical (unpaired) electrons. The maximum Gasteiger partial charge on any atom is 0.252 e. The number of carbonyl (C=O) groups excluding carboxylic acids is 1. The zero-order chi connectivity index (χ0) is 23.8. The first-order valence-electron chi connectivity index (χ1n) is 10.3. The van der Waals surface area contributed by atoms with Crippen molar-refractivity contribution in [2.45, 2.75) is 31.2 Å². The predicted octanol–water partition coefficient (Wildman–Crippen LogP) is 3.45. The van der Waals surface area contributed by atoms with Crippen LogP contribution in [0.15, 0.2) is 46.3 Å². The van der Waals surface area contributed by atoms with E-state index in [4.69, 9.17) is 6.42 Å². The Labute approximate surface area is 194 Å². The second-order valence-electron chi connectivity index (χ2n) is 7.87. The van der Waals surface area contributed by atoms with Crippen molar-refractivity contribution < 1.29 is 22.0 Å². The quantitative estimate of drug-likeness (QED) is 0.527. The summed E-state index contributed by atoms with van der Waals surface area (Å²) in [4.78, 5) is 17.5. The SMILES string of the molecule is C#CCn1c(=NC(=O)C2CCCN(S(=O)(=O)c3ccc(C)cc3)C2)sc2cc(F)cc(F)c21. The Balaban J connectivity index is 1.65. The number of hydrogen-bond acceptors (Lipinski definition) is 4. The van der Waals surface area contributed by atoms with E-state index in [1.807, 2.05) is 6.92 Å². The maximum absolute atomic E-state index is 14.4. The highest BCUT2D eigenvalue weighted by Gasteiger charge is 2.33. The maximum atomic E-state index is 14.4. The molecule has 0 N–H and O–H groups in total. The van der Waals surface area contributed by atoms with Crippen LogP contribution in [0.25, 0.3) is 10.2 Å². The number of hydrogen-bond donors (Lipinski definition) is 0. The van der Waals surface area contributed by atoms with Gasteiger partial charge in [0, 0.05) is 19.2 Å². The van der Waals surface area contributed by atoms with Crippen molar-refractivity contribution in [1.29, 1.82) is 0 Å². The van der Waals surface area contributed by atoms with Crippen LogP contribution in [0, 0.1) is 36.8 Å². The van der Waals surface area contributed by atoms with Gasteiger partial charge in [-0.2, -0.15) is 9.30 Å². The summed E-state index contributed by atoms with van der Waals surface area (Å²) in [5.74, 6) is -0.301. The molecule has 2 aromatic carbocycles. The second-order valence-corrected chi connectivity index (χ2v) is 10.8. The first-order chi connectivity index (χ1) is 15.7. The zero-order valence-electron chi connectivity index (χ0n) is 17.8. The number of rotatable bonds is 4. The number of aryl methyl sites for hydroxylation is 1. The number of halogens is 2. The van der Waals surface area contributed by atoms with Crippen LogP contribution >= 0.6 is 11.3 Å². The van der Waals surface area contributed by atoms with E-state index in [2.05, 4.69) is 10.9 Å². The summed E-state index contributed by atoms with van der Waals surface area (Å²) in [6.07, 6.45) is 6.39. The van der Waals surface area contributed by atoms with Gasteiger partial charge >= 0.3 is 0 Å². The van der Waals surface area contributed by atoms with Gasteiger partial charge in [-0.15, -0.1) is 6.42 Å². The molecular weight excluding hydrogens is 468 g/mol. The number of fused-ring (bicyclic) bond motifs is 1. The van der Waals surface area contributed by atoms with Gasteiger partial charge < -0.3 is 4.57 Å². The lowest BCUT2D eigenvalue weighted by atomic mass is 9.99. The third-order valence-corrected chi connectivity index (χ3v) is 8.45. The molecule has 0 saturated carbocycles. The lowest BCUT2D eigenvalue weighted by molar-refractivity contribution is -0.122. The van der Waals surface area contributed by atoms with Crippen molar-refractivity contribution in [3.8, 4) is 12.3 Å². The molecular formula is C23H21F2N3O3S2. The molecule has 1 atom stereocenters. The highest BCUT2D eigenvalue weighted by atomic mass is 32.2. The fourth-order valence-corrected chi connectivity index (χ4v) is 6.46. The van der Waals surface area contributed by atoms with Crippen molar-refractivity contribution in [3.63, 3.8) is 0 Å². The van der Waals surface area contributed by atoms with Crippen molar-refractivity contribution in [2.24, 2.45) is 10.9 Å². The molecule has 1 fully saturated rings. The normalized spacial score (nSPS) is 17.9. The molecule has 33 heavy (non-hydrogen) atoms. The molecule has 1 saturated heterocycles. The Morgan fingerprint density at radius 2 is 2.00 bits per heavy atom. The predicted molar refractivity (Wildman–Crippen MR) is 122 cm³/mol. The van der Waals surface area contributed by atoms with Crippen LogP contribution in [-0.4, -0.2) is 36.3 Å². The number of piperidine rings is 1. The minimum atomic E-state index is -3.75. The molecule has 1 aliphatic heterocycles. The fraction of sp³-hybridized carbons (Fsp3) is 0.304. The van der Waals surface area contributed by atoms with Gasteiger partial charge in [0.15, 0.2) is 10.6 Å². The number of thiazole rings is 1. The summed E-state index contributed by atoms with van der Waals surface area (Å²) in [5, 5.41) is 0. The molecule has 1 amide bonds. The van der Waals surface area contributed by atoms with Crippen molar-refractivity contribution >= 4 is 37.5 Å². The van der Waals surface area contributed by atoms with E-state index < -0.39 is 33.5 Å². The molecule has 1 unspecified atom stereocenters. The Bertz CT molecular complexity index is 1430. The third kappa shape index (κ3) is 4.62. The van der Waals surface area contributed by atoms with Gasteiger partial charge in [0.1, 0.15) is 5.82 Å². The lowest BCUT2D eigenvalue weighted by Gasteiger charge is -2.30. The molecule has 10 heteroatoms. The molecule has 172 valence electrons. The standard InChI is InChI=1S/C23H21F2N3O3S2/c1-3-10-28-21-19(25)12-17(24)13-20(21)32-23(28)26-22(29)16-5-4-11-27(14-16)33(30,31)18-8-6-15(2)7-9-18/h1,6-9,12-13,16H,4-5,10-11,14H2,2H3. The molecule has 2 heterocycles. The molecule has 0 aliphatic carbocycles. The highest BCUT2D eigenvalue weighted by molar-refractivity contribution is 7.89. The van der Waals surface area contributed by atoms with E-state index in [0.29, 0.717) is 19.4 Å². The monoisotopic (exact) mass is 489 g/mol. The van der Waals surface area contributed by atoms with Crippen LogP contribution in [0.5, 0.6) is 0 Å². The zero-order valence-corrected chi connectivity index (χ0v) is 19.4. The van der Waals surface area contributed by atoms with E-state index in [0.717, 1.165) is 29.0 Å². The summed E-state index contributed by atoms with van der Waals surface area (Å²) < 4.78 is 57.0. The third-order valence-electron chi connectivity index (χ3n) is 5.54. The van der Waals surface area contributed by atoms with Gasteiger partial charge in [-0.1, -0.05) is 35.0 Å². The molecule has 1 aliphatic rings. The van der Waals surface area contributed by atoms with E-state index >= 15 is 0 Å². The van der Waals surface area contributed by atoms with Gasteiger partial charge in [0.25, 0.3) is 5.91 Å². The topological polar surface area (TPSA) is 71.7 Å². The van der Waals surface area contributed by atoms with Crippen molar-refractivity contribution in [1.82, 2.24) is 8.87 Å². The second kappa shape index (κ2) is 9.17. The Morgan fingerprint density at radius 3 is 2.70 bits per heavy atom. The van der Waals surface area contributed by atoms with Crippen LogP contribution in [0.1, 0.15) is 18.4 Å². The minimum absolute atomic E-state index is 0.00155. The van der Waals surface area contributed by atoms with Crippen LogP contribution in [-0.2, 0) is 21.4 Å². The van der Waals surface area contributed by atoms with Crippen LogP contribution in [0.4, 0.5) is 8.78 Å². The fourth-order valence-electron chi connectivity index (χ4n) is 3.86. The molecule has 6 nitrogen and oxygen atoms in total. The number of sulfonamides is 1. The Morgan fingerprint density at radius 1 is 1.27 bits per heavy atom. The van der Waals surface area contributed by atoms with Crippen LogP contribution in [0.2, 0.25) is 0 Å². The average Bonchev–Trinajstić information content (AvgIpc) is 3.11. The van der Waals surface area contributed by atoms with Gasteiger partial charge in [0.2, 0.25) is 10.0 Å². The number of carbonyl (C=O) groups is 1. The summed E-state index contributed by atoms with van der Waals surface area (Å²) in [6.45, 7) is 2.13. The Kier molecular flexibility index (Phi) is 6.47.